The van der Waals surface area contributed by atoms with E-state index in [-0.39, 0.29) is 67.9 Å². The monoisotopic (exact) mass is 590 g/mol. The molecule has 0 amide bonds. The first-order chi connectivity index (χ1) is 1.41. The van der Waals surface area contributed by atoms with E-state index in [0.717, 1.165) is 0 Å². The minimum atomic E-state index is -2.51. The predicted octanol–water partition coefficient (Wildman–Crippen LogP) is 2.07. The number of hydrogen-bond donors (Lipinski definition) is 0. The van der Waals surface area contributed by atoms with Gasteiger partial charge in [-0.1, -0.05) is 0 Å². The van der Waals surface area contributed by atoms with Crippen molar-refractivity contribution in [2.24, 2.45) is 0 Å². The topological polar surface area (TPSA) is 34.1 Å². The van der Waals surface area contributed by atoms with E-state index in [9.17, 15) is 0 Å². The van der Waals surface area contributed by atoms with Crippen LogP contribution in [0.2, 0.25) is 0 Å². The fourth-order valence-electron chi connectivity index (χ4n) is 0. The summed E-state index contributed by atoms with van der Waals surface area (Å²) in [5.41, 5.74) is 0. The Labute approximate surface area is 98.5 Å². The van der Waals surface area contributed by atoms with Crippen LogP contribution in [-0.4, -0.2) is 0 Å². The van der Waals surface area contributed by atoms with Crippen LogP contribution >= 0.6 is 67.9 Å². The van der Waals surface area contributed by atoms with E-state index in [2.05, 4.69) is 0 Å². The van der Waals surface area contributed by atoms with E-state index < -0.39 is 27.8 Å². The van der Waals surface area contributed by atoms with E-state index >= 15 is 0 Å². The van der Waals surface area contributed by atoms with Crippen molar-refractivity contribution in [3.8, 4) is 0 Å². The van der Waals surface area contributed by atoms with E-state index in [4.69, 9.17) is 4.47 Å². The predicted molar refractivity (Wildman–Crippen MR) is 42.7 cm³/mol. The van der Waals surface area contributed by atoms with Gasteiger partial charge in [0.2, 0.25) is 0 Å². The standard InChI is InChI=1S/4BrH.2O.U/h4*1H;;;. The third-order valence-electron chi connectivity index (χ3n) is 0. The third kappa shape index (κ3) is 56.0. The molecule has 48 valence electrons. The summed E-state index contributed by atoms with van der Waals surface area (Å²) in [6.45, 7) is 0. The molecule has 0 aliphatic carbocycles. The summed E-state index contributed by atoms with van der Waals surface area (Å²) >= 11 is -2.51. The molecule has 0 rings (SSSR count). The Morgan fingerprint density at radius 2 is 0.714 bits per heavy atom. The van der Waals surface area contributed by atoms with Crippen molar-refractivity contribution in [1.82, 2.24) is 0 Å². The average Bonchev–Trinajstić information content (AvgIpc) is 0.918. The summed E-state index contributed by atoms with van der Waals surface area (Å²) in [6.07, 6.45) is 0. The molecule has 0 aliphatic heterocycles. The van der Waals surface area contributed by atoms with Crippen LogP contribution in [0.15, 0.2) is 0 Å². The molecule has 0 bridgehead atoms. The van der Waals surface area contributed by atoms with Gasteiger partial charge in [0.25, 0.3) is 0 Å². The Morgan fingerprint density at radius 1 is 0.714 bits per heavy atom. The molecule has 0 radical (unpaired) electrons. The summed E-state index contributed by atoms with van der Waals surface area (Å²) in [5, 5.41) is 0. The fourth-order valence-corrected chi connectivity index (χ4v) is 0. The van der Waals surface area contributed by atoms with Crippen LogP contribution in [0.3, 0.4) is 0 Å². The molecule has 0 unspecified atom stereocenters. The molecular weight excluding hydrogens is 590 g/mol. The third-order valence-corrected chi connectivity index (χ3v) is 0. The zero-order chi connectivity index (χ0) is 2.71. The van der Waals surface area contributed by atoms with Gasteiger partial charge in [-0.05, 0) is 0 Å². The number of hydrogen-bond acceptors (Lipinski definition) is 2. The van der Waals surface area contributed by atoms with E-state index in [1.165, 1.54) is 0 Å². The quantitative estimate of drug-likeness (QED) is 0.431. The molecule has 7 heavy (non-hydrogen) atoms. The Kier molecular flexibility index (Phi) is 185. The van der Waals surface area contributed by atoms with Crippen molar-refractivity contribution in [2.75, 3.05) is 0 Å². The van der Waals surface area contributed by atoms with Crippen LogP contribution in [0.4, 0.5) is 0 Å². The van der Waals surface area contributed by atoms with Crippen molar-refractivity contribution in [1.29, 1.82) is 0 Å². The second-order valence-corrected chi connectivity index (χ2v) is 0.777. The van der Waals surface area contributed by atoms with Crippen LogP contribution in [-0.2, 0) is 4.47 Å². The van der Waals surface area contributed by atoms with E-state index in [0.29, 0.717) is 0 Å². The van der Waals surface area contributed by atoms with Gasteiger partial charge in [0.1, 0.15) is 0 Å². The van der Waals surface area contributed by atoms with Crippen LogP contribution in [0.1, 0.15) is 0 Å². The first-order valence-corrected chi connectivity index (χ1v) is 3.81. The molecular formula is H4Br4O2U. The molecule has 0 spiro atoms. The number of halogens is 4. The van der Waals surface area contributed by atoms with Crippen LogP contribution in [0, 0.1) is 27.8 Å². The van der Waals surface area contributed by atoms with Crippen molar-refractivity contribution in [3.05, 3.63) is 0 Å². The van der Waals surface area contributed by atoms with E-state index in [1.807, 2.05) is 0 Å². The van der Waals surface area contributed by atoms with Gasteiger partial charge < -0.3 is 0 Å². The number of rotatable bonds is 0. The van der Waals surface area contributed by atoms with Crippen LogP contribution < -0.4 is 0 Å². The molecule has 0 aliphatic rings. The summed E-state index contributed by atoms with van der Waals surface area (Å²) in [4.78, 5) is 0. The van der Waals surface area contributed by atoms with Crippen molar-refractivity contribution in [3.63, 3.8) is 0 Å². The van der Waals surface area contributed by atoms with Gasteiger partial charge in [-0.2, -0.15) is 0 Å². The normalized spacial score (nSPS) is 1.14. The Morgan fingerprint density at radius 3 is 0.714 bits per heavy atom. The maximum atomic E-state index is 8.58. The Balaban J connectivity index is -0.00000000333. The van der Waals surface area contributed by atoms with Gasteiger partial charge in [-0.3, -0.25) is 0 Å². The van der Waals surface area contributed by atoms with Crippen molar-refractivity contribution >= 4 is 67.9 Å². The minimum absolute atomic E-state index is 0. The van der Waals surface area contributed by atoms with Crippen molar-refractivity contribution < 1.29 is 32.3 Å². The molecule has 0 saturated heterocycles. The zero-order valence-electron chi connectivity index (χ0n) is 2.95. The summed E-state index contributed by atoms with van der Waals surface area (Å²) in [5.74, 6) is 0. The van der Waals surface area contributed by atoms with Crippen LogP contribution in [0.25, 0.3) is 0 Å². The molecule has 0 aromatic heterocycles. The molecule has 0 heterocycles. The summed E-state index contributed by atoms with van der Waals surface area (Å²) in [6, 6.07) is 0. The molecule has 0 atom stereocenters. The second-order valence-electron chi connectivity index (χ2n) is 0.0833. The Bertz CT molecular complexity index is 30.7. The molecule has 0 aromatic carbocycles. The summed E-state index contributed by atoms with van der Waals surface area (Å²) < 4.78 is 17.2. The maximum absolute atomic E-state index is 8.58. The first-order valence-electron chi connectivity index (χ1n) is 0.408. The molecule has 0 N–H and O–H groups in total. The fraction of sp³-hybridized carbons (Fsp3) is 0. The van der Waals surface area contributed by atoms with Crippen LogP contribution in [0.5, 0.6) is 0 Å². The average molecular weight is 594 g/mol. The van der Waals surface area contributed by atoms with Gasteiger partial charge in [0.15, 0.2) is 0 Å². The molecule has 0 aromatic rings. The van der Waals surface area contributed by atoms with Crippen molar-refractivity contribution in [2.45, 2.75) is 0 Å². The van der Waals surface area contributed by atoms with Gasteiger partial charge in [0.05, 0.1) is 0 Å². The molecule has 0 fully saturated rings. The SMILES string of the molecule is Br.Br.Br.Br.[O]=[U]=[O]. The molecule has 7 heteroatoms. The first kappa shape index (κ1) is 33.6. The van der Waals surface area contributed by atoms with E-state index in [1.54, 1.807) is 0 Å². The van der Waals surface area contributed by atoms with Gasteiger partial charge in [-0.25, -0.2) is 0 Å². The van der Waals surface area contributed by atoms with Gasteiger partial charge in [0, 0.05) is 0 Å². The zero-order valence-corrected chi connectivity index (χ0v) is 14.0. The van der Waals surface area contributed by atoms with Gasteiger partial charge >= 0.3 is 32.3 Å². The Hall–Kier alpha value is 2.57. The second kappa shape index (κ2) is 38.5. The van der Waals surface area contributed by atoms with Gasteiger partial charge in [-0.15, -0.1) is 67.9 Å². The molecule has 0 saturated carbocycles. The summed E-state index contributed by atoms with van der Waals surface area (Å²) in [7, 11) is 0. The molecule has 2 nitrogen and oxygen atoms in total.